The Hall–Kier alpha value is -2.67. The number of urea groups is 1. The average Bonchev–Trinajstić information content (AvgIpc) is 2.97. The van der Waals surface area contributed by atoms with Crippen LogP contribution >= 0.6 is 0 Å². The lowest BCUT2D eigenvalue weighted by atomic mass is 10.0. The van der Waals surface area contributed by atoms with E-state index in [0.717, 1.165) is 11.3 Å². The molecule has 1 N–H and O–H groups in total. The summed E-state index contributed by atoms with van der Waals surface area (Å²) in [6.07, 6.45) is 1.03. The van der Waals surface area contributed by atoms with Gasteiger partial charge in [-0.25, -0.2) is 4.79 Å². The fourth-order valence-corrected chi connectivity index (χ4v) is 5.66. The molecule has 1 spiro atoms. The molecular formula is C21H23N3O3S. The van der Waals surface area contributed by atoms with Crippen LogP contribution in [0.15, 0.2) is 60.7 Å². The zero-order valence-corrected chi connectivity index (χ0v) is 16.4. The van der Waals surface area contributed by atoms with E-state index in [1.807, 2.05) is 60.7 Å². The van der Waals surface area contributed by atoms with Crippen LogP contribution in [0.3, 0.4) is 0 Å². The molecule has 6 nitrogen and oxygen atoms in total. The molecule has 2 aromatic carbocycles. The number of rotatable bonds is 3. The molecule has 2 aliphatic rings. The van der Waals surface area contributed by atoms with Crippen molar-refractivity contribution in [2.45, 2.75) is 24.3 Å². The first kappa shape index (κ1) is 18.7. The highest BCUT2D eigenvalue weighted by Crippen LogP contribution is 2.40. The van der Waals surface area contributed by atoms with Crippen LogP contribution in [0.4, 0.5) is 10.5 Å². The number of amides is 3. The molecule has 2 fully saturated rings. The highest BCUT2D eigenvalue weighted by atomic mass is 32.2. The summed E-state index contributed by atoms with van der Waals surface area (Å²) >= 11 is 0. The van der Waals surface area contributed by atoms with Gasteiger partial charge in [-0.05, 0) is 17.7 Å². The fraction of sp³-hybridized carbons (Fsp3) is 0.333. The highest BCUT2D eigenvalue weighted by molar-refractivity contribution is 7.88. The zero-order chi connectivity index (χ0) is 19.6. The lowest BCUT2D eigenvalue weighted by Crippen LogP contribution is -2.57. The zero-order valence-electron chi connectivity index (χ0n) is 15.5. The van der Waals surface area contributed by atoms with Crippen LogP contribution in [0.5, 0.6) is 0 Å². The van der Waals surface area contributed by atoms with Crippen LogP contribution in [-0.4, -0.2) is 44.8 Å². The van der Waals surface area contributed by atoms with E-state index in [-0.39, 0.29) is 17.7 Å². The molecule has 146 valence electrons. The van der Waals surface area contributed by atoms with Crippen molar-refractivity contribution in [2.24, 2.45) is 0 Å². The normalized spacial score (nSPS) is 21.1. The molecule has 2 aliphatic heterocycles. The summed E-state index contributed by atoms with van der Waals surface area (Å²) in [5, 5.41) is 2.94. The minimum atomic E-state index is -1.27. The summed E-state index contributed by atoms with van der Waals surface area (Å²) in [4.78, 5) is 27.8. The number of hydrogen-bond donors (Lipinski definition) is 1. The average molecular weight is 398 g/mol. The Balaban J connectivity index is 1.43. The predicted octanol–water partition coefficient (Wildman–Crippen LogP) is 2.48. The van der Waals surface area contributed by atoms with E-state index in [0.29, 0.717) is 32.5 Å². The summed E-state index contributed by atoms with van der Waals surface area (Å²) < 4.78 is 12.9. The number of hydrogen-bond acceptors (Lipinski definition) is 3. The Kier molecular flexibility index (Phi) is 5.17. The molecule has 2 saturated heterocycles. The van der Waals surface area contributed by atoms with E-state index in [4.69, 9.17) is 0 Å². The fourth-order valence-electron chi connectivity index (χ4n) is 3.99. The van der Waals surface area contributed by atoms with Crippen molar-refractivity contribution in [3.63, 3.8) is 0 Å². The summed E-state index contributed by atoms with van der Waals surface area (Å²) in [5.41, 5.74) is 1.82. The molecule has 28 heavy (non-hydrogen) atoms. The lowest BCUT2D eigenvalue weighted by molar-refractivity contribution is -0.116. The molecule has 0 bridgehead atoms. The van der Waals surface area contributed by atoms with E-state index < -0.39 is 15.7 Å². The summed E-state index contributed by atoms with van der Waals surface area (Å²) in [7, 11) is -1.27. The van der Waals surface area contributed by atoms with Gasteiger partial charge >= 0.3 is 6.03 Å². The SMILES string of the molecule is O=C(NCc1ccccc1)N1CCC2(CC1)N(c1ccccc1)C(=O)CS2=O. The standard InChI is InChI=1S/C21H23N3O3S/c25-19-16-28(27)21(24(19)18-9-5-2-6-10-18)11-13-23(14-12-21)20(26)22-15-17-7-3-1-4-8-17/h1-10H,11-16H2,(H,22,26). The van der Waals surface area contributed by atoms with Gasteiger partial charge in [0, 0.05) is 38.2 Å². The van der Waals surface area contributed by atoms with Crippen molar-refractivity contribution >= 4 is 28.4 Å². The minimum Gasteiger partial charge on any atom is -0.334 e. The van der Waals surface area contributed by atoms with Gasteiger partial charge in [0.05, 0.1) is 10.8 Å². The van der Waals surface area contributed by atoms with Gasteiger partial charge in [-0.3, -0.25) is 13.9 Å². The van der Waals surface area contributed by atoms with Crippen LogP contribution in [0.25, 0.3) is 0 Å². The van der Waals surface area contributed by atoms with Gasteiger partial charge in [-0.15, -0.1) is 0 Å². The molecular weight excluding hydrogens is 374 g/mol. The highest BCUT2D eigenvalue weighted by Gasteiger charge is 2.53. The second kappa shape index (κ2) is 7.75. The Morgan fingerprint density at radius 3 is 2.25 bits per heavy atom. The molecule has 4 rings (SSSR count). The number of nitrogens with zero attached hydrogens (tertiary/aromatic N) is 2. The molecule has 7 heteroatoms. The number of carbonyl (C=O) groups excluding carboxylic acids is 2. The van der Waals surface area contributed by atoms with Gasteiger partial charge in [0.2, 0.25) is 5.91 Å². The summed E-state index contributed by atoms with van der Waals surface area (Å²) in [5.74, 6) is -0.0544. The number of para-hydroxylation sites is 1. The van der Waals surface area contributed by atoms with Crippen LogP contribution in [-0.2, 0) is 22.1 Å². The number of carbonyl (C=O) groups is 2. The monoisotopic (exact) mass is 397 g/mol. The molecule has 1 unspecified atom stereocenters. The maximum atomic E-state index is 12.9. The first-order valence-electron chi connectivity index (χ1n) is 9.43. The largest absolute Gasteiger partial charge is 0.334 e. The van der Waals surface area contributed by atoms with Crippen LogP contribution < -0.4 is 10.2 Å². The second-order valence-corrected chi connectivity index (χ2v) is 8.87. The Morgan fingerprint density at radius 1 is 1.00 bits per heavy atom. The second-order valence-electron chi connectivity index (χ2n) is 7.13. The quantitative estimate of drug-likeness (QED) is 0.865. The smallest absolute Gasteiger partial charge is 0.317 e. The van der Waals surface area contributed by atoms with Gasteiger partial charge in [-0.2, -0.15) is 0 Å². The molecule has 3 amide bonds. The number of likely N-dealkylation sites (tertiary alicyclic amines) is 1. The molecule has 0 aromatic heterocycles. The molecule has 0 radical (unpaired) electrons. The topological polar surface area (TPSA) is 69.7 Å². The minimum absolute atomic E-state index is 0.0507. The lowest BCUT2D eigenvalue weighted by Gasteiger charge is -2.43. The number of anilines is 1. The van der Waals surface area contributed by atoms with Gasteiger partial charge in [0.1, 0.15) is 10.6 Å². The van der Waals surface area contributed by atoms with Crippen molar-refractivity contribution < 1.29 is 13.8 Å². The van der Waals surface area contributed by atoms with Gasteiger partial charge < -0.3 is 10.2 Å². The molecule has 0 saturated carbocycles. The van der Waals surface area contributed by atoms with Crippen molar-refractivity contribution in [3.05, 3.63) is 66.2 Å². The molecule has 2 aromatic rings. The van der Waals surface area contributed by atoms with Crippen LogP contribution in [0.1, 0.15) is 18.4 Å². The van der Waals surface area contributed by atoms with Crippen molar-refractivity contribution in [3.8, 4) is 0 Å². The number of nitrogens with one attached hydrogen (secondary N) is 1. The van der Waals surface area contributed by atoms with E-state index in [1.165, 1.54) is 0 Å². The third-order valence-corrected chi connectivity index (χ3v) is 7.42. The summed E-state index contributed by atoms with van der Waals surface area (Å²) in [6, 6.07) is 19.0. The molecule has 0 aliphatic carbocycles. The number of piperidine rings is 1. The first-order valence-corrected chi connectivity index (χ1v) is 10.8. The van der Waals surface area contributed by atoms with E-state index in [2.05, 4.69) is 5.32 Å². The van der Waals surface area contributed by atoms with E-state index in [9.17, 15) is 13.8 Å². The third-order valence-electron chi connectivity index (χ3n) is 5.47. The molecule has 1 atom stereocenters. The number of benzene rings is 2. The predicted molar refractivity (Wildman–Crippen MR) is 109 cm³/mol. The van der Waals surface area contributed by atoms with Crippen molar-refractivity contribution in [1.82, 2.24) is 10.2 Å². The Morgan fingerprint density at radius 2 is 1.61 bits per heavy atom. The summed E-state index contributed by atoms with van der Waals surface area (Å²) in [6.45, 7) is 1.42. The first-order chi connectivity index (χ1) is 13.6. The van der Waals surface area contributed by atoms with Crippen molar-refractivity contribution in [1.29, 1.82) is 0 Å². The Labute approximate surface area is 167 Å². The van der Waals surface area contributed by atoms with Crippen LogP contribution in [0.2, 0.25) is 0 Å². The van der Waals surface area contributed by atoms with Gasteiger partial charge in [-0.1, -0.05) is 48.5 Å². The maximum absolute atomic E-state index is 12.9. The van der Waals surface area contributed by atoms with E-state index >= 15 is 0 Å². The van der Waals surface area contributed by atoms with Gasteiger partial charge in [0.15, 0.2) is 0 Å². The third kappa shape index (κ3) is 3.42. The van der Waals surface area contributed by atoms with Crippen molar-refractivity contribution in [2.75, 3.05) is 23.7 Å². The Bertz CT molecular complexity index is 880. The van der Waals surface area contributed by atoms with Crippen LogP contribution in [0, 0.1) is 0 Å². The molecule has 2 heterocycles. The van der Waals surface area contributed by atoms with Gasteiger partial charge in [0.25, 0.3) is 0 Å². The van der Waals surface area contributed by atoms with E-state index in [1.54, 1.807) is 9.80 Å². The maximum Gasteiger partial charge on any atom is 0.317 e.